The van der Waals surface area contributed by atoms with E-state index in [1.54, 1.807) is 6.33 Å². The monoisotopic (exact) mass is 220 g/mol. The molecule has 0 fully saturated rings. The van der Waals surface area contributed by atoms with Crippen molar-refractivity contribution in [3.63, 3.8) is 0 Å². The van der Waals surface area contributed by atoms with Crippen LogP contribution in [0.5, 0.6) is 0 Å². The van der Waals surface area contributed by atoms with Gasteiger partial charge in [-0.1, -0.05) is 49.4 Å². The Kier molecular flexibility index (Phi) is 4.60. The van der Waals surface area contributed by atoms with Crippen LogP contribution in [0.2, 0.25) is 10.3 Å². The van der Waals surface area contributed by atoms with Gasteiger partial charge < -0.3 is 4.57 Å². The number of nitrogens with zero attached hydrogens (tertiary/aromatic N) is 2. The molecule has 0 spiro atoms. The van der Waals surface area contributed by atoms with Crippen LogP contribution in [0.4, 0.5) is 0 Å². The fourth-order valence-corrected chi connectivity index (χ4v) is 1.54. The number of hydrogen-bond acceptors (Lipinski definition) is 1. The summed E-state index contributed by atoms with van der Waals surface area (Å²) in [5, 5.41) is 0.954. The van der Waals surface area contributed by atoms with Gasteiger partial charge in [-0.05, 0) is 6.42 Å². The van der Waals surface area contributed by atoms with Gasteiger partial charge in [0.05, 0.1) is 6.33 Å². The van der Waals surface area contributed by atoms with Gasteiger partial charge in [0, 0.05) is 6.54 Å². The summed E-state index contributed by atoms with van der Waals surface area (Å²) in [6, 6.07) is 0. The highest BCUT2D eigenvalue weighted by atomic mass is 35.5. The summed E-state index contributed by atoms with van der Waals surface area (Å²) in [4.78, 5) is 3.91. The zero-order valence-electron chi connectivity index (χ0n) is 7.76. The van der Waals surface area contributed by atoms with Crippen molar-refractivity contribution in [3.8, 4) is 0 Å². The molecule has 1 rings (SSSR count). The molecule has 0 aliphatic rings. The number of aryl methyl sites for hydroxylation is 1. The molecule has 0 saturated carbocycles. The number of halogens is 2. The molecule has 0 saturated heterocycles. The van der Waals surface area contributed by atoms with E-state index in [4.69, 9.17) is 23.2 Å². The quantitative estimate of drug-likeness (QED) is 0.692. The van der Waals surface area contributed by atoms with E-state index >= 15 is 0 Å². The number of imidazole rings is 1. The molecule has 4 heteroatoms. The van der Waals surface area contributed by atoms with Crippen LogP contribution in [0.1, 0.15) is 32.6 Å². The van der Waals surface area contributed by atoms with Gasteiger partial charge in [-0.25, -0.2) is 4.98 Å². The van der Waals surface area contributed by atoms with Gasteiger partial charge in [0.25, 0.3) is 0 Å². The van der Waals surface area contributed by atoms with E-state index in [9.17, 15) is 0 Å². The van der Waals surface area contributed by atoms with Gasteiger partial charge in [0.1, 0.15) is 5.15 Å². The average Bonchev–Trinajstić information content (AvgIpc) is 2.43. The van der Waals surface area contributed by atoms with Crippen LogP contribution in [-0.4, -0.2) is 9.55 Å². The Bertz CT molecular complexity index is 258. The Labute approximate surface area is 88.9 Å². The molecule has 0 unspecified atom stereocenters. The first-order chi connectivity index (χ1) is 6.25. The standard InChI is InChI=1S/C9H14Cl2N2/c1-2-3-4-5-6-13-7-12-8(10)9(13)11/h7H,2-6H2,1H3. The Morgan fingerprint density at radius 1 is 1.31 bits per heavy atom. The first-order valence-electron chi connectivity index (χ1n) is 4.61. The minimum Gasteiger partial charge on any atom is -0.320 e. The maximum absolute atomic E-state index is 5.89. The van der Waals surface area contributed by atoms with Crippen molar-refractivity contribution in [2.24, 2.45) is 0 Å². The summed E-state index contributed by atoms with van der Waals surface area (Å²) in [5.41, 5.74) is 0. The second kappa shape index (κ2) is 5.51. The van der Waals surface area contributed by atoms with Crippen molar-refractivity contribution >= 4 is 23.2 Å². The maximum atomic E-state index is 5.89. The van der Waals surface area contributed by atoms with Gasteiger partial charge in [-0.3, -0.25) is 0 Å². The van der Waals surface area contributed by atoms with Crippen molar-refractivity contribution in [3.05, 3.63) is 16.6 Å². The van der Waals surface area contributed by atoms with Gasteiger partial charge in [0.2, 0.25) is 0 Å². The van der Waals surface area contributed by atoms with Crippen molar-refractivity contribution in [2.45, 2.75) is 39.2 Å². The highest BCUT2D eigenvalue weighted by molar-refractivity contribution is 6.40. The summed E-state index contributed by atoms with van der Waals surface area (Å²) in [6.07, 6.45) is 6.60. The number of aromatic nitrogens is 2. The summed E-state index contributed by atoms with van der Waals surface area (Å²) in [6.45, 7) is 3.11. The molecule has 0 atom stereocenters. The van der Waals surface area contributed by atoms with Gasteiger partial charge >= 0.3 is 0 Å². The minimum absolute atomic E-state index is 0.400. The minimum atomic E-state index is 0.400. The largest absolute Gasteiger partial charge is 0.320 e. The Morgan fingerprint density at radius 2 is 2.08 bits per heavy atom. The molecule has 2 nitrogen and oxygen atoms in total. The zero-order chi connectivity index (χ0) is 9.68. The number of unbranched alkanes of at least 4 members (excludes halogenated alkanes) is 3. The lowest BCUT2D eigenvalue weighted by molar-refractivity contribution is 0.582. The molecule has 74 valence electrons. The van der Waals surface area contributed by atoms with Crippen LogP contribution in [0.25, 0.3) is 0 Å². The Hall–Kier alpha value is -0.210. The van der Waals surface area contributed by atoms with Crippen LogP contribution < -0.4 is 0 Å². The lowest BCUT2D eigenvalue weighted by atomic mass is 10.2. The molecule has 0 amide bonds. The average molecular weight is 221 g/mol. The smallest absolute Gasteiger partial charge is 0.166 e. The van der Waals surface area contributed by atoms with Crippen LogP contribution >= 0.6 is 23.2 Å². The molecule has 1 heterocycles. The first kappa shape index (κ1) is 10.9. The maximum Gasteiger partial charge on any atom is 0.166 e. The predicted molar refractivity (Wildman–Crippen MR) is 56.4 cm³/mol. The van der Waals surface area contributed by atoms with Crippen LogP contribution in [-0.2, 0) is 6.54 Å². The van der Waals surface area contributed by atoms with Crippen molar-refractivity contribution in [2.75, 3.05) is 0 Å². The highest BCUT2D eigenvalue weighted by Crippen LogP contribution is 2.19. The summed E-state index contributed by atoms with van der Waals surface area (Å²) >= 11 is 11.6. The fraction of sp³-hybridized carbons (Fsp3) is 0.667. The number of hydrogen-bond donors (Lipinski definition) is 0. The fourth-order valence-electron chi connectivity index (χ4n) is 1.21. The van der Waals surface area contributed by atoms with Crippen LogP contribution in [0, 0.1) is 0 Å². The summed E-state index contributed by atoms with van der Waals surface area (Å²) < 4.78 is 1.89. The van der Waals surface area contributed by atoms with E-state index in [1.165, 1.54) is 19.3 Å². The van der Waals surface area contributed by atoms with Gasteiger partial charge in [-0.2, -0.15) is 0 Å². The van der Waals surface area contributed by atoms with Crippen molar-refractivity contribution < 1.29 is 0 Å². The molecule has 0 bridgehead atoms. The summed E-state index contributed by atoms with van der Waals surface area (Å²) in [7, 11) is 0. The van der Waals surface area contributed by atoms with E-state index in [-0.39, 0.29) is 0 Å². The topological polar surface area (TPSA) is 17.8 Å². The predicted octanol–water partition coefficient (Wildman–Crippen LogP) is 3.77. The third kappa shape index (κ3) is 3.20. The lowest BCUT2D eigenvalue weighted by Gasteiger charge is -2.02. The third-order valence-corrected chi connectivity index (χ3v) is 2.75. The normalized spacial score (nSPS) is 10.7. The van der Waals surface area contributed by atoms with Gasteiger partial charge in [-0.15, -0.1) is 0 Å². The lowest BCUT2D eigenvalue weighted by Crippen LogP contribution is -1.95. The Balaban J connectivity index is 2.32. The number of rotatable bonds is 5. The molecule has 0 radical (unpaired) electrons. The molecule has 0 aliphatic heterocycles. The van der Waals surface area contributed by atoms with E-state index < -0.39 is 0 Å². The molecule has 1 aromatic heterocycles. The SMILES string of the molecule is CCCCCCn1cnc(Cl)c1Cl. The molecular formula is C9H14Cl2N2. The summed E-state index contributed by atoms with van der Waals surface area (Å²) in [5.74, 6) is 0. The van der Waals surface area contributed by atoms with Crippen LogP contribution in [0.3, 0.4) is 0 Å². The molecular weight excluding hydrogens is 207 g/mol. The third-order valence-electron chi connectivity index (χ3n) is 1.99. The first-order valence-corrected chi connectivity index (χ1v) is 5.37. The molecule has 0 aromatic carbocycles. The molecule has 13 heavy (non-hydrogen) atoms. The van der Waals surface area contributed by atoms with E-state index in [0.29, 0.717) is 10.3 Å². The van der Waals surface area contributed by atoms with Crippen molar-refractivity contribution in [1.29, 1.82) is 0 Å². The Morgan fingerprint density at radius 3 is 2.62 bits per heavy atom. The highest BCUT2D eigenvalue weighted by Gasteiger charge is 2.04. The second-order valence-corrected chi connectivity index (χ2v) is 3.80. The van der Waals surface area contributed by atoms with Gasteiger partial charge in [0.15, 0.2) is 5.15 Å². The van der Waals surface area contributed by atoms with Crippen LogP contribution in [0.15, 0.2) is 6.33 Å². The zero-order valence-corrected chi connectivity index (χ0v) is 9.28. The van der Waals surface area contributed by atoms with E-state index in [2.05, 4.69) is 11.9 Å². The molecule has 1 aromatic rings. The molecule has 0 N–H and O–H groups in total. The second-order valence-electron chi connectivity index (χ2n) is 3.08. The van der Waals surface area contributed by atoms with Crippen molar-refractivity contribution in [1.82, 2.24) is 9.55 Å². The van der Waals surface area contributed by atoms with E-state index in [1.807, 2.05) is 4.57 Å². The molecule has 0 aliphatic carbocycles. The van der Waals surface area contributed by atoms with E-state index in [0.717, 1.165) is 13.0 Å².